The van der Waals surface area contributed by atoms with E-state index in [4.69, 9.17) is 4.74 Å². The summed E-state index contributed by atoms with van der Waals surface area (Å²) in [6, 6.07) is 11.0. The van der Waals surface area contributed by atoms with Crippen LogP contribution in [0.2, 0.25) is 0 Å². The van der Waals surface area contributed by atoms with E-state index in [1.165, 1.54) is 23.1 Å². The Morgan fingerprint density at radius 3 is 3.05 bits per heavy atom. The molecule has 0 aliphatic heterocycles. The lowest BCUT2D eigenvalue weighted by molar-refractivity contribution is 0.319. The molecule has 110 valence electrons. The molecule has 21 heavy (non-hydrogen) atoms. The highest BCUT2D eigenvalue weighted by atomic mass is 16.5. The van der Waals surface area contributed by atoms with Gasteiger partial charge in [0.25, 0.3) is 0 Å². The molecule has 0 radical (unpaired) electrons. The minimum Gasteiger partial charge on any atom is -0.493 e. The molecule has 1 heterocycles. The Kier molecular flexibility index (Phi) is 4.51. The molecule has 1 aliphatic carbocycles. The minimum absolute atomic E-state index is 0.492. The molecule has 1 atom stereocenters. The smallest absolute Gasteiger partial charge is 0.122 e. The number of ether oxygens (including phenoxy) is 1. The first-order valence-electron chi connectivity index (χ1n) is 7.75. The summed E-state index contributed by atoms with van der Waals surface area (Å²) in [5.41, 5.74) is 4.01. The maximum absolute atomic E-state index is 6.02. The molecule has 1 aliphatic rings. The van der Waals surface area contributed by atoms with Crippen LogP contribution in [-0.4, -0.2) is 18.1 Å². The highest BCUT2D eigenvalue weighted by Crippen LogP contribution is 2.36. The van der Waals surface area contributed by atoms with Crippen molar-refractivity contribution in [3.05, 3.63) is 59.4 Å². The summed E-state index contributed by atoms with van der Waals surface area (Å²) in [6.45, 7) is 3.87. The van der Waals surface area contributed by atoms with Gasteiger partial charge in [-0.15, -0.1) is 0 Å². The molecule has 0 saturated heterocycles. The van der Waals surface area contributed by atoms with E-state index in [0.717, 1.165) is 25.1 Å². The first kappa shape index (κ1) is 14.1. The molecule has 3 rings (SSSR count). The van der Waals surface area contributed by atoms with Gasteiger partial charge in [-0.1, -0.05) is 25.1 Å². The Bertz CT molecular complexity index is 583. The van der Waals surface area contributed by atoms with E-state index < -0.39 is 0 Å². The highest BCUT2D eigenvalue weighted by Gasteiger charge is 2.24. The van der Waals surface area contributed by atoms with Crippen LogP contribution >= 0.6 is 0 Å². The molecule has 1 aromatic carbocycles. The summed E-state index contributed by atoms with van der Waals surface area (Å²) in [7, 11) is 0. The molecule has 2 aromatic rings. The number of pyridine rings is 1. The molecule has 0 amide bonds. The van der Waals surface area contributed by atoms with Gasteiger partial charge in [0.05, 0.1) is 6.61 Å². The van der Waals surface area contributed by atoms with Gasteiger partial charge >= 0.3 is 0 Å². The number of rotatable bonds is 6. The maximum Gasteiger partial charge on any atom is 0.122 e. The second kappa shape index (κ2) is 6.72. The van der Waals surface area contributed by atoms with Crippen LogP contribution in [0.3, 0.4) is 0 Å². The molecular weight excluding hydrogens is 260 g/mol. The third-order valence-corrected chi connectivity index (χ3v) is 4.05. The molecule has 3 nitrogen and oxygen atoms in total. The molecule has 0 spiro atoms. The summed E-state index contributed by atoms with van der Waals surface area (Å²) in [6.07, 6.45) is 6.88. The Balaban J connectivity index is 1.64. The van der Waals surface area contributed by atoms with Crippen LogP contribution in [0, 0.1) is 0 Å². The van der Waals surface area contributed by atoms with Crippen molar-refractivity contribution < 1.29 is 4.74 Å². The van der Waals surface area contributed by atoms with Gasteiger partial charge < -0.3 is 10.1 Å². The van der Waals surface area contributed by atoms with Gasteiger partial charge in [0, 0.05) is 24.9 Å². The van der Waals surface area contributed by atoms with Crippen LogP contribution < -0.4 is 10.1 Å². The third-order valence-electron chi connectivity index (χ3n) is 4.05. The summed E-state index contributed by atoms with van der Waals surface area (Å²) in [4.78, 5) is 4.13. The van der Waals surface area contributed by atoms with Crippen molar-refractivity contribution in [2.45, 2.75) is 32.2 Å². The van der Waals surface area contributed by atoms with Crippen LogP contribution in [0.4, 0.5) is 0 Å². The van der Waals surface area contributed by atoms with Crippen LogP contribution in [-0.2, 0) is 12.8 Å². The normalized spacial score (nSPS) is 16.7. The minimum atomic E-state index is 0.492. The molecule has 0 fully saturated rings. The lowest BCUT2D eigenvalue weighted by Crippen LogP contribution is -2.18. The van der Waals surface area contributed by atoms with Crippen molar-refractivity contribution in [3.63, 3.8) is 0 Å². The summed E-state index contributed by atoms with van der Waals surface area (Å²) < 4.78 is 6.02. The van der Waals surface area contributed by atoms with Crippen molar-refractivity contribution in [2.75, 3.05) is 13.2 Å². The van der Waals surface area contributed by atoms with Crippen molar-refractivity contribution in [1.82, 2.24) is 10.3 Å². The van der Waals surface area contributed by atoms with Crippen LogP contribution in [0.1, 0.15) is 36.1 Å². The van der Waals surface area contributed by atoms with Gasteiger partial charge in [-0.2, -0.15) is 0 Å². The average Bonchev–Trinajstić information content (AvgIpc) is 2.93. The number of nitrogens with zero attached hydrogens (tertiary/aromatic N) is 1. The van der Waals surface area contributed by atoms with E-state index in [-0.39, 0.29) is 0 Å². The quantitative estimate of drug-likeness (QED) is 0.882. The van der Waals surface area contributed by atoms with E-state index >= 15 is 0 Å². The van der Waals surface area contributed by atoms with Gasteiger partial charge in [0.15, 0.2) is 0 Å². The van der Waals surface area contributed by atoms with E-state index in [1.807, 2.05) is 12.3 Å². The largest absolute Gasteiger partial charge is 0.493 e. The summed E-state index contributed by atoms with van der Waals surface area (Å²) in [5, 5.41) is 3.55. The van der Waals surface area contributed by atoms with Crippen LogP contribution in [0.5, 0.6) is 5.75 Å². The first-order chi connectivity index (χ1) is 10.4. The maximum atomic E-state index is 6.02. The standard InChI is InChI=1S/C18H22N2O/c1-2-20-17-9-8-16-15(17)6-3-7-18(16)21-12-10-14-5-4-11-19-13-14/h3-7,11,13,17,20H,2,8-10,12H2,1H3. The molecule has 1 N–H and O–H groups in total. The average molecular weight is 282 g/mol. The second-order valence-electron chi connectivity index (χ2n) is 5.43. The number of hydrogen-bond acceptors (Lipinski definition) is 3. The van der Waals surface area contributed by atoms with Gasteiger partial charge in [0.2, 0.25) is 0 Å². The van der Waals surface area contributed by atoms with Gasteiger partial charge in [-0.25, -0.2) is 0 Å². The number of nitrogens with one attached hydrogen (secondary N) is 1. The van der Waals surface area contributed by atoms with Crippen LogP contribution in [0.15, 0.2) is 42.7 Å². The van der Waals surface area contributed by atoms with E-state index in [2.05, 4.69) is 41.5 Å². The highest BCUT2D eigenvalue weighted by molar-refractivity contribution is 5.45. The topological polar surface area (TPSA) is 34.1 Å². The zero-order chi connectivity index (χ0) is 14.5. The fourth-order valence-corrected chi connectivity index (χ4v) is 3.04. The first-order valence-corrected chi connectivity index (χ1v) is 7.75. The summed E-state index contributed by atoms with van der Waals surface area (Å²) >= 11 is 0. The number of hydrogen-bond donors (Lipinski definition) is 1. The molecule has 3 heteroatoms. The predicted octanol–water partition coefficient (Wildman–Crippen LogP) is 3.30. The van der Waals surface area contributed by atoms with Gasteiger partial charge in [-0.05, 0) is 48.2 Å². The summed E-state index contributed by atoms with van der Waals surface area (Å²) in [5.74, 6) is 1.05. The van der Waals surface area contributed by atoms with Crippen molar-refractivity contribution >= 4 is 0 Å². The Labute approximate surface area is 126 Å². The van der Waals surface area contributed by atoms with Gasteiger partial charge in [0.1, 0.15) is 5.75 Å². The number of aromatic nitrogens is 1. The number of fused-ring (bicyclic) bond motifs is 1. The van der Waals surface area contributed by atoms with E-state index in [1.54, 1.807) is 6.20 Å². The van der Waals surface area contributed by atoms with E-state index in [9.17, 15) is 0 Å². The van der Waals surface area contributed by atoms with Crippen molar-refractivity contribution in [1.29, 1.82) is 0 Å². The third kappa shape index (κ3) is 3.24. The zero-order valence-corrected chi connectivity index (χ0v) is 12.5. The Morgan fingerprint density at radius 1 is 1.29 bits per heavy atom. The van der Waals surface area contributed by atoms with Crippen molar-refractivity contribution in [2.24, 2.45) is 0 Å². The monoisotopic (exact) mass is 282 g/mol. The second-order valence-corrected chi connectivity index (χ2v) is 5.43. The molecular formula is C18H22N2O. The van der Waals surface area contributed by atoms with Crippen LogP contribution in [0.25, 0.3) is 0 Å². The number of benzene rings is 1. The SMILES string of the molecule is CCNC1CCc2c(OCCc3cccnc3)cccc21. The Morgan fingerprint density at radius 2 is 2.24 bits per heavy atom. The van der Waals surface area contributed by atoms with E-state index in [0.29, 0.717) is 12.6 Å². The molecule has 1 unspecified atom stereocenters. The lowest BCUT2D eigenvalue weighted by Gasteiger charge is -2.14. The lowest BCUT2D eigenvalue weighted by atomic mass is 10.1. The molecule has 0 saturated carbocycles. The Hall–Kier alpha value is -1.87. The fraction of sp³-hybridized carbons (Fsp3) is 0.389. The predicted molar refractivity (Wildman–Crippen MR) is 84.6 cm³/mol. The van der Waals surface area contributed by atoms with Crippen molar-refractivity contribution in [3.8, 4) is 5.75 Å². The molecule has 1 aromatic heterocycles. The van der Waals surface area contributed by atoms with Gasteiger partial charge in [-0.3, -0.25) is 4.98 Å². The molecule has 0 bridgehead atoms. The zero-order valence-electron chi connectivity index (χ0n) is 12.5. The fourth-order valence-electron chi connectivity index (χ4n) is 3.04.